The lowest BCUT2D eigenvalue weighted by atomic mass is 9.77. The quantitative estimate of drug-likeness (QED) is 0.776. The van der Waals surface area contributed by atoms with Crippen LogP contribution < -0.4 is 10.6 Å². The van der Waals surface area contributed by atoms with E-state index in [9.17, 15) is 9.59 Å². The first-order valence-corrected chi connectivity index (χ1v) is 9.83. The fraction of sp³-hybridized carbons (Fsp3) is 0.400. The molecule has 2 N–H and O–H groups in total. The summed E-state index contributed by atoms with van der Waals surface area (Å²) in [6.45, 7) is 6.51. The molecule has 0 radical (unpaired) electrons. The van der Waals surface area contributed by atoms with Crippen molar-refractivity contribution in [3.05, 3.63) is 42.0 Å². The Bertz CT molecular complexity index is 828. The van der Waals surface area contributed by atoms with Crippen molar-refractivity contribution in [2.45, 2.75) is 45.3 Å². The van der Waals surface area contributed by atoms with Crippen molar-refractivity contribution in [2.75, 3.05) is 5.32 Å². The highest BCUT2D eigenvalue weighted by molar-refractivity contribution is 8.15. The van der Waals surface area contributed by atoms with Gasteiger partial charge in [0, 0.05) is 12.1 Å². The van der Waals surface area contributed by atoms with Crippen LogP contribution in [0.4, 0.5) is 5.69 Å². The number of carbonyl (C=O) groups excluding carboxylic acids is 2. The van der Waals surface area contributed by atoms with Crippen LogP contribution >= 0.6 is 11.8 Å². The average molecular weight is 385 g/mol. The summed E-state index contributed by atoms with van der Waals surface area (Å²) in [5, 5.41) is 14.0. The molecule has 1 saturated heterocycles. The van der Waals surface area contributed by atoms with Gasteiger partial charge in [0.2, 0.25) is 11.8 Å². The van der Waals surface area contributed by atoms with E-state index in [1.54, 1.807) is 0 Å². The van der Waals surface area contributed by atoms with Crippen LogP contribution in [0.3, 0.4) is 0 Å². The minimum Gasteiger partial charge on any atom is -0.326 e. The minimum absolute atomic E-state index is 0.0903. The Morgan fingerprint density at radius 1 is 1.26 bits per heavy atom. The zero-order chi connectivity index (χ0) is 19.4. The van der Waals surface area contributed by atoms with Gasteiger partial charge in [-0.25, -0.2) is 0 Å². The molecule has 1 atom stereocenters. The van der Waals surface area contributed by atoms with Crippen LogP contribution in [-0.4, -0.2) is 27.9 Å². The predicted molar refractivity (Wildman–Crippen MR) is 111 cm³/mol. The summed E-state index contributed by atoms with van der Waals surface area (Å²) in [5.41, 5.74) is 3.08. The number of thioether (sulfide) groups is 1. The number of amidine groups is 1. The van der Waals surface area contributed by atoms with E-state index >= 15 is 0 Å². The molecule has 1 aliphatic heterocycles. The van der Waals surface area contributed by atoms with E-state index in [1.165, 1.54) is 17.3 Å². The monoisotopic (exact) mass is 384 g/mol. The molecule has 1 aromatic rings. The van der Waals surface area contributed by atoms with Gasteiger partial charge >= 0.3 is 0 Å². The summed E-state index contributed by atoms with van der Waals surface area (Å²) in [6, 6.07) is 9.19. The largest absolute Gasteiger partial charge is 0.326 e. The molecule has 3 rings (SSSR count). The maximum atomic E-state index is 12.2. The Balaban J connectivity index is 1.60. The Morgan fingerprint density at radius 3 is 2.70 bits per heavy atom. The van der Waals surface area contributed by atoms with Gasteiger partial charge in [-0.1, -0.05) is 49.4 Å². The molecule has 6 nitrogen and oxygen atoms in total. The first-order valence-electron chi connectivity index (χ1n) is 8.95. The molecule has 0 spiro atoms. The van der Waals surface area contributed by atoms with Crippen molar-refractivity contribution in [3.8, 4) is 0 Å². The van der Waals surface area contributed by atoms with Crippen molar-refractivity contribution in [1.82, 2.24) is 5.32 Å². The summed E-state index contributed by atoms with van der Waals surface area (Å²) in [6.07, 6.45) is 4.05. The van der Waals surface area contributed by atoms with Crippen molar-refractivity contribution >= 4 is 40.1 Å². The number of rotatable bonds is 4. The third-order valence-electron chi connectivity index (χ3n) is 4.30. The van der Waals surface area contributed by atoms with Crippen molar-refractivity contribution < 1.29 is 9.59 Å². The van der Waals surface area contributed by atoms with E-state index in [2.05, 4.69) is 47.7 Å². The number of anilines is 1. The second-order valence-electron chi connectivity index (χ2n) is 7.72. The van der Waals surface area contributed by atoms with Gasteiger partial charge in [0.15, 0.2) is 5.17 Å². The highest BCUT2D eigenvalue weighted by Crippen LogP contribution is 2.34. The third-order valence-corrected chi connectivity index (χ3v) is 5.38. The molecule has 27 heavy (non-hydrogen) atoms. The molecule has 1 fully saturated rings. The maximum absolute atomic E-state index is 12.2. The Morgan fingerprint density at radius 2 is 2.00 bits per heavy atom. The van der Waals surface area contributed by atoms with E-state index in [0.717, 1.165) is 18.6 Å². The van der Waals surface area contributed by atoms with Crippen LogP contribution in [0.15, 0.2) is 52.2 Å². The van der Waals surface area contributed by atoms with E-state index in [4.69, 9.17) is 0 Å². The Labute approximate surface area is 163 Å². The number of hydrogen-bond acceptors (Lipinski definition) is 5. The number of allylic oxidation sites excluding steroid dienone is 2. The van der Waals surface area contributed by atoms with Gasteiger partial charge in [0.25, 0.3) is 0 Å². The van der Waals surface area contributed by atoms with Gasteiger partial charge in [-0.2, -0.15) is 5.10 Å². The topological polar surface area (TPSA) is 82.9 Å². The summed E-state index contributed by atoms with van der Waals surface area (Å²) in [5.74, 6) is -0.410. The summed E-state index contributed by atoms with van der Waals surface area (Å²) < 4.78 is 0. The van der Waals surface area contributed by atoms with Crippen LogP contribution in [0.25, 0.3) is 0 Å². The predicted octanol–water partition coefficient (Wildman–Crippen LogP) is 3.73. The minimum atomic E-state index is -0.493. The highest BCUT2D eigenvalue weighted by Gasteiger charge is 2.32. The first kappa shape index (κ1) is 19.4. The molecule has 0 aromatic heterocycles. The average Bonchev–Trinajstić information content (AvgIpc) is 2.92. The molecule has 7 heteroatoms. The first-order chi connectivity index (χ1) is 12.8. The van der Waals surface area contributed by atoms with E-state index in [0.29, 0.717) is 10.9 Å². The Kier molecular flexibility index (Phi) is 5.79. The molecule has 1 aromatic carbocycles. The van der Waals surface area contributed by atoms with Gasteiger partial charge < -0.3 is 10.6 Å². The lowest BCUT2D eigenvalue weighted by Crippen LogP contribution is -2.28. The van der Waals surface area contributed by atoms with Crippen molar-refractivity contribution in [3.63, 3.8) is 0 Å². The van der Waals surface area contributed by atoms with E-state index in [-0.39, 0.29) is 23.7 Å². The van der Waals surface area contributed by atoms with Crippen molar-refractivity contribution in [2.24, 2.45) is 15.6 Å². The number of carbonyl (C=O) groups is 2. The molecule has 2 aliphatic rings. The van der Waals surface area contributed by atoms with Gasteiger partial charge in [0.05, 0.1) is 5.71 Å². The van der Waals surface area contributed by atoms with Gasteiger partial charge in [-0.3, -0.25) is 9.59 Å². The highest BCUT2D eigenvalue weighted by atomic mass is 32.2. The van der Waals surface area contributed by atoms with Gasteiger partial charge in [-0.15, -0.1) is 5.10 Å². The zero-order valence-corrected chi connectivity index (χ0v) is 16.6. The molecular formula is C20H24N4O2S. The Hall–Kier alpha value is -2.41. The molecule has 0 saturated carbocycles. The summed E-state index contributed by atoms with van der Waals surface area (Å²) in [4.78, 5) is 24.3. The lowest BCUT2D eigenvalue weighted by Gasteiger charge is -2.28. The van der Waals surface area contributed by atoms with Gasteiger partial charge in [-0.05, 0) is 43.4 Å². The van der Waals surface area contributed by atoms with Crippen molar-refractivity contribution in [1.29, 1.82) is 0 Å². The van der Waals surface area contributed by atoms with E-state index < -0.39 is 5.25 Å². The standard InChI is InChI=1S/C20H24N4O2S/c1-13-9-15(12-20(2,3)11-13)23-24-19-22-18(26)16(27-19)10-17(25)21-14-7-5-4-6-8-14/h4-9,16H,10-12H2,1-3H3,(H,21,25)(H,22,24,26). The van der Waals surface area contributed by atoms with Crippen LogP contribution in [0.5, 0.6) is 0 Å². The number of amides is 2. The molecule has 1 aliphatic carbocycles. The molecule has 2 amide bonds. The maximum Gasteiger partial charge on any atom is 0.240 e. The number of nitrogens with one attached hydrogen (secondary N) is 2. The summed E-state index contributed by atoms with van der Waals surface area (Å²) >= 11 is 1.25. The SMILES string of the molecule is CC1=CC(=N/N=C2/NC(=O)C(CC(=O)Nc3ccccc3)S2)CC(C)(C)C1. The number of para-hydroxylation sites is 1. The lowest BCUT2D eigenvalue weighted by molar-refractivity contribution is -0.122. The van der Waals surface area contributed by atoms with E-state index in [1.807, 2.05) is 30.3 Å². The normalized spacial score (nSPS) is 24.6. The number of nitrogens with zero attached hydrogens (tertiary/aromatic N) is 2. The molecule has 1 unspecified atom stereocenters. The fourth-order valence-corrected chi connectivity index (χ4v) is 4.27. The van der Waals surface area contributed by atoms with Crippen LogP contribution in [0.1, 0.15) is 40.0 Å². The zero-order valence-electron chi connectivity index (χ0n) is 15.8. The molecule has 142 valence electrons. The smallest absolute Gasteiger partial charge is 0.240 e. The second kappa shape index (κ2) is 8.08. The second-order valence-corrected chi connectivity index (χ2v) is 8.91. The number of hydrogen-bond donors (Lipinski definition) is 2. The molecule has 0 bridgehead atoms. The van der Waals surface area contributed by atoms with Crippen LogP contribution in [0, 0.1) is 5.41 Å². The summed E-state index contributed by atoms with van der Waals surface area (Å²) in [7, 11) is 0. The molecular weight excluding hydrogens is 360 g/mol. The van der Waals surface area contributed by atoms with Crippen LogP contribution in [0.2, 0.25) is 0 Å². The number of benzene rings is 1. The van der Waals surface area contributed by atoms with Crippen LogP contribution in [-0.2, 0) is 9.59 Å². The molecule has 1 heterocycles. The third kappa shape index (κ3) is 5.53. The fourth-order valence-electron chi connectivity index (χ4n) is 3.36. The van der Waals surface area contributed by atoms with Gasteiger partial charge in [0.1, 0.15) is 5.25 Å².